The highest BCUT2D eigenvalue weighted by molar-refractivity contribution is 7.92. The van der Waals surface area contributed by atoms with Crippen LogP contribution in [-0.4, -0.2) is 39.1 Å². The average Bonchev–Trinajstić information content (AvgIpc) is 3.33. The number of sulfonamides is 1. The molecule has 0 radical (unpaired) electrons. The van der Waals surface area contributed by atoms with Crippen LogP contribution in [0.5, 0.6) is 0 Å². The molecular formula is C22H20FNO5S2. The van der Waals surface area contributed by atoms with Gasteiger partial charge >= 0.3 is 5.97 Å². The molecule has 0 aliphatic carbocycles. The second-order valence-electron chi connectivity index (χ2n) is 7.23. The van der Waals surface area contributed by atoms with E-state index in [1.807, 2.05) is 0 Å². The molecule has 9 heteroatoms. The highest BCUT2D eigenvalue weighted by Crippen LogP contribution is 2.33. The van der Waals surface area contributed by atoms with Crippen molar-refractivity contribution in [1.29, 1.82) is 0 Å². The molecule has 6 nitrogen and oxygen atoms in total. The first-order valence-corrected chi connectivity index (χ1v) is 12.2. The first kappa shape index (κ1) is 21.5. The van der Waals surface area contributed by atoms with Crippen molar-refractivity contribution in [2.24, 2.45) is 0 Å². The Bertz CT molecular complexity index is 1310. The number of aryl methyl sites for hydroxylation is 1. The van der Waals surface area contributed by atoms with Crippen molar-refractivity contribution >= 4 is 48.9 Å². The van der Waals surface area contributed by atoms with E-state index in [1.54, 1.807) is 44.2 Å². The third kappa shape index (κ3) is 3.83. The van der Waals surface area contributed by atoms with Crippen LogP contribution in [-0.2, 0) is 21.2 Å². The van der Waals surface area contributed by atoms with Crippen molar-refractivity contribution in [3.05, 3.63) is 63.8 Å². The van der Waals surface area contributed by atoms with Gasteiger partial charge in [-0.1, -0.05) is 6.07 Å². The smallest absolute Gasteiger partial charge is 0.349 e. The van der Waals surface area contributed by atoms with Crippen LogP contribution < -0.4 is 4.31 Å². The van der Waals surface area contributed by atoms with Crippen LogP contribution in [0.4, 0.5) is 10.1 Å². The number of ketones is 1. The standard InChI is InChI=1S/C22H20FNO5S2/c1-3-31(27,28)24-10-9-14-11-15(7-8-17(14)24)18(25)12-29-22(26)21-13(2)20-16(23)5-4-6-19(20)30-21/h4-8,11H,3,9-10,12H2,1-2H3. The monoisotopic (exact) mass is 461 g/mol. The fourth-order valence-electron chi connectivity index (χ4n) is 3.72. The number of halogens is 1. The van der Waals surface area contributed by atoms with Crippen LogP contribution in [0.1, 0.15) is 38.1 Å². The van der Waals surface area contributed by atoms with E-state index in [-0.39, 0.29) is 10.6 Å². The Labute approximate surface area is 183 Å². The first-order valence-electron chi connectivity index (χ1n) is 9.74. The van der Waals surface area contributed by atoms with E-state index in [4.69, 9.17) is 4.74 Å². The van der Waals surface area contributed by atoms with Gasteiger partial charge in [0.25, 0.3) is 0 Å². The lowest BCUT2D eigenvalue weighted by molar-refractivity contribution is 0.0479. The number of carbonyl (C=O) groups is 2. The van der Waals surface area contributed by atoms with E-state index in [0.29, 0.717) is 39.9 Å². The average molecular weight is 462 g/mol. The topological polar surface area (TPSA) is 80.8 Å². The van der Waals surface area contributed by atoms with Crippen LogP contribution in [0, 0.1) is 12.7 Å². The molecule has 0 saturated carbocycles. The SMILES string of the molecule is CCS(=O)(=O)N1CCc2cc(C(=O)COC(=O)c3sc4cccc(F)c4c3C)ccc21. The molecular weight excluding hydrogens is 441 g/mol. The fraction of sp³-hybridized carbons (Fsp3) is 0.273. The highest BCUT2D eigenvalue weighted by Gasteiger charge is 2.29. The Balaban J connectivity index is 1.48. The zero-order valence-corrected chi connectivity index (χ0v) is 18.6. The fourth-order valence-corrected chi connectivity index (χ4v) is 5.99. The van der Waals surface area contributed by atoms with Gasteiger partial charge in [0.2, 0.25) is 10.0 Å². The Morgan fingerprint density at radius 2 is 2.00 bits per heavy atom. The molecule has 1 aromatic heterocycles. The van der Waals surface area contributed by atoms with Crippen LogP contribution >= 0.6 is 11.3 Å². The van der Waals surface area contributed by atoms with Gasteiger partial charge in [0, 0.05) is 22.2 Å². The minimum Gasteiger partial charge on any atom is -0.453 e. The van der Waals surface area contributed by atoms with Gasteiger partial charge in [0.05, 0.1) is 11.4 Å². The number of hydrogen-bond donors (Lipinski definition) is 0. The molecule has 0 amide bonds. The van der Waals surface area contributed by atoms with Gasteiger partial charge in [-0.25, -0.2) is 17.6 Å². The summed E-state index contributed by atoms with van der Waals surface area (Å²) in [4.78, 5) is 25.3. The van der Waals surface area contributed by atoms with Gasteiger partial charge in [-0.3, -0.25) is 9.10 Å². The number of benzene rings is 2. The summed E-state index contributed by atoms with van der Waals surface area (Å²) < 4.78 is 45.6. The molecule has 1 aliphatic rings. The van der Waals surface area contributed by atoms with Crippen LogP contribution in [0.2, 0.25) is 0 Å². The molecule has 0 N–H and O–H groups in total. The number of ether oxygens (including phenoxy) is 1. The quantitative estimate of drug-likeness (QED) is 0.408. The molecule has 31 heavy (non-hydrogen) atoms. The maximum absolute atomic E-state index is 14.1. The van der Waals surface area contributed by atoms with Crippen LogP contribution in [0.25, 0.3) is 10.1 Å². The second kappa shape index (κ2) is 8.05. The lowest BCUT2D eigenvalue weighted by Crippen LogP contribution is -2.30. The summed E-state index contributed by atoms with van der Waals surface area (Å²) in [6.45, 7) is 3.13. The molecule has 0 saturated heterocycles. The van der Waals surface area contributed by atoms with Crippen LogP contribution in [0.3, 0.4) is 0 Å². The number of hydrogen-bond acceptors (Lipinski definition) is 6. The minimum atomic E-state index is -3.36. The van der Waals surface area contributed by atoms with Crippen molar-refractivity contribution in [1.82, 2.24) is 0 Å². The molecule has 162 valence electrons. The third-order valence-electron chi connectivity index (χ3n) is 5.38. The summed E-state index contributed by atoms with van der Waals surface area (Å²) in [5.74, 6) is -1.46. The van der Waals surface area contributed by atoms with E-state index in [9.17, 15) is 22.4 Å². The lowest BCUT2D eigenvalue weighted by atomic mass is 10.1. The van der Waals surface area contributed by atoms with Gasteiger partial charge in [-0.15, -0.1) is 11.3 Å². The van der Waals surface area contributed by atoms with Crippen molar-refractivity contribution in [3.8, 4) is 0 Å². The number of thiophene rings is 1. The molecule has 0 bridgehead atoms. The molecule has 1 aliphatic heterocycles. The molecule has 0 fully saturated rings. The zero-order valence-electron chi connectivity index (χ0n) is 17.0. The van der Waals surface area contributed by atoms with Gasteiger partial charge in [0.1, 0.15) is 10.7 Å². The molecule has 2 aromatic carbocycles. The van der Waals surface area contributed by atoms with Gasteiger partial charge < -0.3 is 4.74 Å². The number of fused-ring (bicyclic) bond motifs is 2. The Hall–Kier alpha value is -2.78. The van der Waals surface area contributed by atoms with Crippen molar-refractivity contribution in [3.63, 3.8) is 0 Å². The van der Waals surface area contributed by atoms with Gasteiger partial charge in [0.15, 0.2) is 12.4 Å². The van der Waals surface area contributed by atoms with Crippen molar-refractivity contribution in [2.45, 2.75) is 20.3 Å². The normalized spacial score (nSPS) is 13.5. The molecule has 3 aromatic rings. The molecule has 0 atom stereocenters. The number of anilines is 1. The van der Waals surface area contributed by atoms with Crippen molar-refractivity contribution in [2.75, 3.05) is 23.2 Å². The summed E-state index contributed by atoms with van der Waals surface area (Å²) in [5.41, 5.74) is 2.19. The van der Waals surface area contributed by atoms with Crippen molar-refractivity contribution < 1.29 is 27.1 Å². The van der Waals surface area contributed by atoms with E-state index >= 15 is 0 Å². The number of nitrogens with zero attached hydrogens (tertiary/aromatic N) is 1. The molecule has 2 heterocycles. The Morgan fingerprint density at radius 1 is 1.23 bits per heavy atom. The zero-order chi connectivity index (χ0) is 22.3. The maximum Gasteiger partial charge on any atom is 0.349 e. The van der Waals surface area contributed by atoms with Crippen LogP contribution in [0.15, 0.2) is 36.4 Å². The summed E-state index contributed by atoms with van der Waals surface area (Å²) in [7, 11) is -3.36. The highest BCUT2D eigenvalue weighted by atomic mass is 32.2. The lowest BCUT2D eigenvalue weighted by Gasteiger charge is -2.18. The van der Waals surface area contributed by atoms with Gasteiger partial charge in [-0.2, -0.15) is 0 Å². The summed E-state index contributed by atoms with van der Waals surface area (Å²) in [5, 5.41) is 0.385. The van der Waals surface area contributed by atoms with E-state index < -0.39 is 34.2 Å². The first-order chi connectivity index (χ1) is 14.7. The Kier molecular flexibility index (Phi) is 5.57. The van der Waals surface area contributed by atoms with E-state index in [1.165, 1.54) is 10.4 Å². The second-order valence-corrected chi connectivity index (χ2v) is 10.5. The predicted molar refractivity (Wildman–Crippen MR) is 118 cm³/mol. The van der Waals surface area contributed by atoms with E-state index in [2.05, 4.69) is 0 Å². The number of rotatable bonds is 6. The molecule has 0 spiro atoms. The molecule has 0 unspecified atom stereocenters. The summed E-state index contributed by atoms with van der Waals surface area (Å²) >= 11 is 1.13. The van der Waals surface area contributed by atoms with E-state index in [0.717, 1.165) is 16.9 Å². The Morgan fingerprint density at radius 3 is 2.71 bits per heavy atom. The number of Topliss-reactive ketones (excluding diaryl/α,β-unsaturated/α-hetero) is 1. The van der Waals surface area contributed by atoms with Gasteiger partial charge in [-0.05, 0) is 61.7 Å². The third-order valence-corrected chi connectivity index (χ3v) is 8.40. The predicted octanol–water partition coefficient (Wildman–Crippen LogP) is 4.10. The molecule has 4 rings (SSSR count). The minimum absolute atomic E-state index is 0.00409. The maximum atomic E-state index is 14.1. The largest absolute Gasteiger partial charge is 0.453 e. The number of esters is 1. The summed E-state index contributed by atoms with van der Waals surface area (Å²) in [6, 6.07) is 9.44. The number of carbonyl (C=O) groups excluding carboxylic acids is 2. The summed E-state index contributed by atoms with van der Waals surface area (Å²) in [6.07, 6.45) is 0.516.